The molecule has 0 amide bonds. The van der Waals surface area contributed by atoms with E-state index >= 15 is 0 Å². The average molecular weight is 264 g/mol. The number of benzene rings is 1. The lowest BCUT2D eigenvalue weighted by Gasteiger charge is -2.08. The van der Waals surface area contributed by atoms with Crippen LogP contribution in [0.5, 0.6) is 5.75 Å². The van der Waals surface area contributed by atoms with E-state index in [2.05, 4.69) is 9.71 Å². The molecule has 18 heavy (non-hydrogen) atoms. The van der Waals surface area contributed by atoms with Crippen molar-refractivity contribution in [1.29, 1.82) is 0 Å². The molecule has 0 saturated heterocycles. The number of hydrogen-bond acceptors (Lipinski definition) is 4. The summed E-state index contributed by atoms with van der Waals surface area (Å²) in [6.07, 6.45) is 2.72. The number of anilines is 1. The van der Waals surface area contributed by atoms with Crippen molar-refractivity contribution >= 4 is 15.7 Å². The highest BCUT2D eigenvalue weighted by molar-refractivity contribution is 7.92. The van der Waals surface area contributed by atoms with E-state index in [4.69, 9.17) is 4.74 Å². The number of para-hydroxylation sites is 1. The molecule has 1 heterocycles. The number of rotatable bonds is 4. The van der Waals surface area contributed by atoms with Gasteiger partial charge in [0.15, 0.2) is 0 Å². The van der Waals surface area contributed by atoms with Gasteiger partial charge < -0.3 is 4.74 Å². The lowest BCUT2D eigenvalue weighted by atomic mass is 10.3. The number of methoxy groups -OCH3 is 1. The van der Waals surface area contributed by atoms with E-state index < -0.39 is 10.0 Å². The third-order valence-corrected chi connectivity index (χ3v) is 3.61. The molecule has 0 unspecified atom stereocenters. The van der Waals surface area contributed by atoms with E-state index in [1.807, 2.05) is 6.07 Å². The van der Waals surface area contributed by atoms with E-state index in [1.165, 1.54) is 25.6 Å². The largest absolute Gasteiger partial charge is 0.495 e. The number of aromatic nitrogens is 1. The van der Waals surface area contributed by atoms with Crippen molar-refractivity contribution in [1.82, 2.24) is 4.98 Å². The summed E-state index contributed by atoms with van der Waals surface area (Å²) < 4.78 is 31.5. The third-order valence-electron chi connectivity index (χ3n) is 2.26. The topological polar surface area (TPSA) is 68.3 Å². The molecule has 2 aromatic rings. The van der Waals surface area contributed by atoms with Gasteiger partial charge >= 0.3 is 0 Å². The summed E-state index contributed by atoms with van der Waals surface area (Å²) in [5.74, 6) is 0.394. The lowest BCUT2D eigenvalue weighted by Crippen LogP contribution is -2.13. The van der Waals surface area contributed by atoms with Crippen LogP contribution in [0.2, 0.25) is 0 Å². The minimum absolute atomic E-state index is 0.0608. The van der Waals surface area contributed by atoms with Crippen LogP contribution >= 0.6 is 0 Å². The monoisotopic (exact) mass is 264 g/mol. The van der Waals surface area contributed by atoms with E-state index in [-0.39, 0.29) is 4.90 Å². The Kier molecular flexibility index (Phi) is 3.47. The fourth-order valence-corrected chi connectivity index (χ4v) is 2.41. The summed E-state index contributed by atoms with van der Waals surface area (Å²) in [5.41, 5.74) is 0.500. The van der Waals surface area contributed by atoms with Crippen LogP contribution in [-0.2, 0) is 10.0 Å². The van der Waals surface area contributed by atoms with Crippen LogP contribution in [0.4, 0.5) is 5.69 Å². The second-order valence-corrected chi connectivity index (χ2v) is 5.21. The number of hydrogen-bond donors (Lipinski definition) is 1. The number of nitrogens with one attached hydrogen (secondary N) is 1. The zero-order valence-electron chi connectivity index (χ0n) is 9.70. The summed E-state index contributed by atoms with van der Waals surface area (Å²) >= 11 is 0. The lowest BCUT2D eigenvalue weighted by molar-refractivity contribution is 0.411. The van der Waals surface area contributed by atoms with Gasteiger partial charge in [0.1, 0.15) is 10.6 Å². The molecule has 94 valence electrons. The van der Waals surface area contributed by atoms with Crippen LogP contribution in [0.3, 0.4) is 0 Å². The second-order valence-electron chi connectivity index (χ2n) is 3.53. The number of nitrogens with zero attached hydrogens (tertiary/aromatic N) is 1. The molecule has 6 heteroatoms. The molecule has 0 fully saturated rings. The van der Waals surface area contributed by atoms with Gasteiger partial charge in [-0.15, -0.1) is 0 Å². The highest BCUT2D eigenvalue weighted by Crippen LogP contribution is 2.18. The van der Waals surface area contributed by atoms with Crippen molar-refractivity contribution in [3.63, 3.8) is 0 Å². The van der Waals surface area contributed by atoms with Crippen LogP contribution in [-0.4, -0.2) is 20.5 Å². The molecule has 0 aliphatic carbocycles. The highest BCUT2D eigenvalue weighted by atomic mass is 32.2. The minimum atomic E-state index is -3.64. The smallest absolute Gasteiger partial charge is 0.263 e. The van der Waals surface area contributed by atoms with Gasteiger partial charge in [0, 0.05) is 18.0 Å². The molecule has 0 atom stereocenters. The zero-order valence-corrected chi connectivity index (χ0v) is 10.5. The molecule has 1 aromatic heterocycles. The average Bonchev–Trinajstić information content (AvgIpc) is 2.39. The first kappa shape index (κ1) is 12.4. The first-order valence-electron chi connectivity index (χ1n) is 5.19. The summed E-state index contributed by atoms with van der Waals surface area (Å²) in [7, 11) is -2.18. The Labute approximate surface area is 105 Å². The molecule has 0 saturated carbocycles. The molecule has 0 aliphatic heterocycles. The molecule has 0 radical (unpaired) electrons. The van der Waals surface area contributed by atoms with Gasteiger partial charge in [-0.2, -0.15) is 0 Å². The molecular weight excluding hydrogens is 252 g/mol. The second kappa shape index (κ2) is 5.05. The zero-order chi connectivity index (χ0) is 13.0. The van der Waals surface area contributed by atoms with E-state index in [9.17, 15) is 8.42 Å². The predicted molar refractivity (Wildman–Crippen MR) is 68.0 cm³/mol. The summed E-state index contributed by atoms with van der Waals surface area (Å²) in [4.78, 5) is 3.88. The van der Waals surface area contributed by atoms with E-state index in [1.54, 1.807) is 24.3 Å². The van der Waals surface area contributed by atoms with Crippen molar-refractivity contribution in [2.45, 2.75) is 4.90 Å². The Balaban J connectivity index is 2.31. The van der Waals surface area contributed by atoms with E-state index in [0.717, 1.165) is 0 Å². The Morgan fingerprint density at radius 3 is 2.56 bits per heavy atom. The minimum Gasteiger partial charge on any atom is -0.495 e. The number of sulfonamides is 1. The van der Waals surface area contributed by atoms with Crippen LogP contribution in [0, 0.1) is 0 Å². The SMILES string of the molecule is COc1cncc(S(=O)(=O)Nc2ccccc2)c1. The normalized spacial score (nSPS) is 10.9. The maximum absolute atomic E-state index is 12.1. The standard InChI is InChI=1S/C12H12N2O3S/c1-17-11-7-12(9-13-8-11)18(15,16)14-10-5-3-2-4-6-10/h2-9,14H,1H3. The molecule has 0 aliphatic rings. The first-order chi connectivity index (χ1) is 8.62. The van der Waals surface area contributed by atoms with Gasteiger partial charge in [0.05, 0.1) is 13.3 Å². The van der Waals surface area contributed by atoms with Gasteiger partial charge in [-0.3, -0.25) is 9.71 Å². The number of ether oxygens (including phenoxy) is 1. The van der Waals surface area contributed by atoms with Crippen LogP contribution in [0.1, 0.15) is 0 Å². The van der Waals surface area contributed by atoms with Gasteiger partial charge in [-0.25, -0.2) is 8.42 Å². The van der Waals surface area contributed by atoms with Crippen LogP contribution < -0.4 is 9.46 Å². The molecule has 0 spiro atoms. The maximum atomic E-state index is 12.1. The highest BCUT2D eigenvalue weighted by Gasteiger charge is 2.15. The van der Waals surface area contributed by atoms with Crippen molar-refractivity contribution in [3.05, 3.63) is 48.8 Å². The Hall–Kier alpha value is -2.08. The van der Waals surface area contributed by atoms with Crippen molar-refractivity contribution < 1.29 is 13.2 Å². The van der Waals surface area contributed by atoms with Crippen LogP contribution in [0.25, 0.3) is 0 Å². The summed E-state index contributed by atoms with van der Waals surface area (Å²) in [5, 5.41) is 0. The third kappa shape index (κ3) is 2.78. The van der Waals surface area contributed by atoms with Gasteiger partial charge in [-0.05, 0) is 12.1 Å². The molecule has 1 N–H and O–H groups in total. The molecule has 1 aromatic carbocycles. The van der Waals surface area contributed by atoms with Crippen molar-refractivity contribution in [3.8, 4) is 5.75 Å². The Bertz CT molecular complexity index is 627. The quantitative estimate of drug-likeness (QED) is 0.915. The van der Waals surface area contributed by atoms with Crippen molar-refractivity contribution in [2.24, 2.45) is 0 Å². The molecule has 0 bridgehead atoms. The number of pyridine rings is 1. The first-order valence-corrected chi connectivity index (χ1v) is 6.67. The molecular formula is C12H12N2O3S. The van der Waals surface area contributed by atoms with Gasteiger partial charge in [0.25, 0.3) is 10.0 Å². The van der Waals surface area contributed by atoms with E-state index in [0.29, 0.717) is 11.4 Å². The van der Waals surface area contributed by atoms with Gasteiger partial charge in [-0.1, -0.05) is 18.2 Å². The maximum Gasteiger partial charge on any atom is 0.263 e. The summed E-state index contributed by atoms with van der Waals surface area (Å²) in [6.45, 7) is 0. The fourth-order valence-electron chi connectivity index (χ4n) is 1.38. The predicted octanol–water partition coefficient (Wildman–Crippen LogP) is 1.89. The Morgan fingerprint density at radius 1 is 1.17 bits per heavy atom. The fraction of sp³-hybridized carbons (Fsp3) is 0.0833. The van der Waals surface area contributed by atoms with Crippen molar-refractivity contribution in [2.75, 3.05) is 11.8 Å². The van der Waals surface area contributed by atoms with Crippen LogP contribution in [0.15, 0.2) is 53.7 Å². The Morgan fingerprint density at radius 2 is 1.89 bits per heavy atom. The summed E-state index contributed by atoms with van der Waals surface area (Å²) in [6, 6.07) is 10.1. The molecule has 2 rings (SSSR count). The van der Waals surface area contributed by atoms with Gasteiger partial charge in [0.2, 0.25) is 0 Å². The molecule has 5 nitrogen and oxygen atoms in total.